The van der Waals surface area contributed by atoms with Crippen molar-refractivity contribution in [2.75, 3.05) is 6.61 Å². The summed E-state index contributed by atoms with van der Waals surface area (Å²) in [6.45, 7) is 1.82. The molecule has 5 atom stereocenters. The average Bonchev–Trinajstić information content (AvgIpc) is 2.70. The lowest BCUT2D eigenvalue weighted by atomic mass is 9.98. The fourth-order valence-electron chi connectivity index (χ4n) is 3.33. The summed E-state index contributed by atoms with van der Waals surface area (Å²) >= 11 is 1.14. The molecule has 3 rings (SSSR count). The van der Waals surface area contributed by atoms with E-state index < -0.39 is 29.0 Å². The molecule has 0 radical (unpaired) electrons. The molecule has 5 nitrogen and oxygen atoms in total. The molecule has 1 saturated heterocycles. The Morgan fingerprint density at radius 3 is 2.15 bits per heavy atom. The summed E-state index contributed by atoms with van der Waals surface area (Å²) in [5.41, 5.74) is 2.70. The van der Waals surface area contributed by atoms with Gasteiger partial charge in [-0.25, -0.2) is 0 Å². The van der Waals surface area contributed by atoms with E-state index in [2.05, 4.69) is 19.1 Å². The largest absolute Gasteiger partial charge is 0.477 e. The molecular weight excluding hydrogens is 364 g/mol. The Labute approximate surface area is 163 Å². The normalized spacial score (nSPS) is 28.1. The van der Waals surface area contributed by atoms with Gasteiger partial charge >= 0.3 is 0 Å². The lowest BCUT2D eigenvalue weighted by molar-refractivity contribution is -0.0910. The number of rotatable bonds is 6. The second kappa shape index (κ2) is 9.08. The molecule has 27 heavy (non-hydrogen) atoms. The molecule has 1 fully saturated rings. The molecule has 146 valence electrons. The van der Waals surface area contributed by atoms with Gasteiger partial charge in [0.2, 0.25) is 0 Å². The van der Waals surface area contributed by atoms with Crippen LogP contribution >= 0.6 is 11.8 Å². The first kappa shape index (κ1) is 20.2. The fourth-order valence-corrected chi connectivity index (χ4v) is 4.57. The first-order chi connectivity index (χ1) is 13.0. The number of aryl methyl sites for hydroxylation is 1. The van der Waals surface area contributed by atoms with Crippen molar-refractivity contribution in [1.82, 2.24) is 0 Å². The van der Waals surface area contributed by atoms with E-state index in [1.54, 1.807) is 0 Å². The van der Waals surface area contributed by atoms with E-state index in [4.69, 9.17) is 4.74 Å². The molecule has 0 spiro atoms. The highest BCUT2D eigenvalue weighted by Gasteiger charge is 2.44. The van der Waals surface area contributed by atoms with Crippen molar-refractivity contribution in [1.29, 1.82) is 0 Å². The minimum Gasteiger partial charge on any atom is -0.477 e. The monoisotopic (exact) mass is 390 g/mol. The molecule has 2 aromatic rings. The average molecular weight is 391 g/mol. The minimum atomic E-state index is -1.36. The third-order valence-electron chi connectivity index (χ3n) is 4.94. The predicted octanol–water partition coefficient (Wildman–Crippen LogP) is 1.74. The summed E-state index contributed by atoms with van der Waals surface area (Å²) in [6, 6.07) is 15.9. The van der Waals surface area contributed by atoms with Gasteiger partial charge in [-0.3, -0.25) is 0 Å². The molecule has 0 saturated carbocycles. The van der Waals surface area contributed by atoms with Gasteiger partial charge in [0.05, 0.1) is 18.0 Å². The molecule has 0 bridgehead atoms. The van der Waals surface area contributed by atoms with Gasteiger partial charge < -0.3 is 25.2 Å². The lowest BCUT2D eigenvalue weighted by Gasteiger charge is -2.39. The van der Waals surface area contributed by atoms with Crippen molar-refractivity contribution < 1.29 is 25.2 Å². The van der Waals surface area contributed by atoms with E-state index in [9.17, 15) is 20.4 Å². The summed E-state index contributed by atoms with van der Waals surface area (Å²) in [5.74, 6) is 0.625. The number of para-hydroxylation sites is 1. The molecule has 4 N–H and O–H groups in total. The predicted molar refractivity (Wildman–Crippen MR) is 106 cm³/mol. The van der Waals surface area contributed by atoms with Crippen molar-refractivity contribution >= 4 is 11.8 Å². The Morgan fingerprint density at radius 2 is 1.48 bits per heavy atom. The topological polar surface area (TPSA) is 90.2 Å². The molecule has 1 aliphatic heterocycles. The van der Waals surface area contributed by atoms with Crippen LogP contribution in [0.1, 0.15) is 23.6 Å². The molecule has 6 heteroatoms. The van der Waals surface area contributed by atoms with Crippen LogP contribution in [0.15, 0.2) is 48.5 Å². The van der Waals surface area contributed by atoms with Crippen LogP contribution in [-0.2, 0) is 12.8 Å². The van der Waals surface area contributed by atoms with E-state index in [-0.39, 0.29) is 6.61 Å². The van der Waals surface area contributed by atoms with Gasteiger partial charge in [0.25, 0.3) is 0 Å². The summed E-state index contributed by atoms with van der Waals surface area (Å²) in [4.78, 5) is 0. The van der Waals surface area contributed by atoms with Crippen LogP contribution in [0.2, 0.25) is 0 Å². The van der Waals surface area contributed by atoms with Crippen LogP contribution in [0, 0.1) is 0 Å². The molecule has 1 heterocycles. The summed E-state index contributed by atoms with van der Waals surface area (Å²) in [6.07, 6.45) is -2.16. The molecule has 1 unspecified atom stereocenters. The highest BCUT2D eigenvalue weighted by atomic mass is 32.2. The molecule has 0 aromatic heterocycles. The van der Waals surface area contributed by atoms with Gasteiger partial charge in [0.15, 0.2) is 5.44 Å². The molecule has 2 aromatic carbocycles. The molecule has 0 aliphatic carbocycles. The maximum atomic E-state index is 10.3. The smallest absolute Gasteiger partial charge is 0.173 e. The van der Waals surface area contributed by atoms with E-state index in [1.165, 1.54) is 11.1 Å². The van der Waals surface area contributed by atoms with Crippen molar-refractivity contribution in [3.8, 4) is 5.75 Å². The zero-order chi connectivity index (χ0) is 19.4. The Hall–Kier alpha value is -1.57. The Bertz CT molecular complexity index is 751. The van der Waals surface area contributed by atoms with Crippen LogP contribution in [0.5, 0.6) is 5.75 Å². The third-order valence-corrected chi connectivity index (χ3v) is 6.37. The highest BCUT2D eigenvalue weighted by molar-refractivity contribution is 8.00. The SMILES string of the molecule is CCc1ccccc1Cc1ccccc1O[C@@H]1SC(CO)[C@@H](O)[C@H](O)[C@H]1O. The first-order valence-corrected chi connectivity index (χ1v) is 10.1. The zero-order valence-corrected chi connectivity index (χ0v) is 16.0. The fraction of sp³-hybridized carbons (Fsp3) is 0.429. The lowest BCUT2D eigenvalue weighted by Crippen LogP contribution is -2.55. The Balaban J connectivity index is 1.82. The summed E-state index contributed by atoms with van der Waals surface area (Å²) < 4.78 is 6.03. The molecule has 1 aliphatic rings. The number of benzene rings is 2. The van der Waals surface area contributed by atoms with Crippen LogP contribution in [0.25, 0.3) is 0 Å². The maximum Gasteiger partial charge on any atom is 0.173 e. The standard InChI is InChI=1S/C21H26O5S/c1-2-13-7-3-4-8-14(13)11-15-9-5-6-10-16(15)26-21-20(25)19(24)18(23)17(12-22)27-21/h3-10,17-25H,2,11-12H2,1H3/t17?,18-,19+,20-,21-/m1/s1. The number of thioether (sulfide) groups is 1. The van der Waals surface area contributed by atoms with Crippen molar-refractivity contribution in [3.05, 3.63) is 65.2 Å². The Morgan fingerprint density at radius 1 is 0.852 bits per heavy atom. The number of aliphatic hydroxyl groups excluding tert-OH is 4. The molecule has 0 amide bonds. The molecular formula is C21H26O5S. The van der Waals surface area contributed by atoms with E-state index in [1.807, 2.05) is 36.4 Å². The third kappa shape index (κ3) is 4.47. The van der Waals surface area contributed by atoms with Crippen LogP contribution in [0.3, 0.4) is 0 Å². The maximum absolute atomic E-state index is 10.3. The number of hydrogen-bond acceptors (Lipinski definition) is 6. The van der Waals surface area contributed by atoms with Crippen molar-refractivity contribution in [2.24, 2.45) is 0 Å². The summed E-state index contributed by atoms with van der Waals surface area (Å²) in [5, 5.41) is 39.1. The van der Waals surface area contributed by atoms with Gasteiger partial charge in [-0.05, 0) is 29.2 Å². The first-order valence-electron chi connectivity index (χ1n) is 9.17. The van der Waals surface area contributed by atoms with E-state index >= 15 is 0 Å². The van der Waals surface area contributed by atoms with Crippen LogP contribution < -0.4 is 4.74 Å². The van der Waals surface area contributed by atoms with Crippen molar-refractivity contribution in [3.63, 3.8) is 0 Å². The number of hydrogen-bond donors (Lipinski definition) is 4. The van der Waals surface area contributed by atoms with Gasteiger partial charge in [-0.1, -0.05) is 49.4 Å². The van der Waals surface area contributed by atoms with Gasteiger partial charge in [0, 0.05) is 6.42 Å². The summed E-state index contributed by atoms with van der Waals surface area (Å²) in [7, 11) is 0. The number of aliphatic hydroxyl groups is 4. The van der Waals surface area contributed by atoms with Gasteiger partial charge in [-0.2, -0.15) is 0 Å². The zero-order valence-electron chi connectivity index (χ0n) is 15.2. The van der Waals surface area contributed by atoms with Gasteiger partial charge in [-0.15, -0.1) is 11.8 Å². The number of ether oxygens (including phenoxy) is 1. The van der Waals surface area contributed by atoms with Crippen LogP contribution in [-0.4, -0.2) is 56.0 Å². The van der Waals surface area contributed by atoms with E-state index in [0.717, 1.165) is 23.7 Å². The second-order valence-electron chi connectivity index (χ2n) is 6.72. The van der Waals surface area contributed by atoms with Gasteiger partial charge in [0.1, 0.15) is 18.0 Å². The minimum absolute atomic E-state index is 0.305. The second-order valence-corrected chi connectivity index (χ2v) is 8.06. The van der Waals surface area contributed by atoms with Crippen molar-refractivity contribution in [2.45, 2.75) is 48.8 Å². The quantitative estimate of drug-likeness (QED) is 0.601. The van der Waals surface area contributed by atoms with Crippen LogP contribution in [0.4, 0.5) is 0 Å². The Kier molecular flexibility index (Phi) is 6.78. The van der Waals surface area contributed by atoms with E-state index in [0.29, 0.717) is 12.2 Å². The highest BCUT2D eigenvalue weighted by Crippen LogP contribution is 2.35.